The molecule has 14 rings (SSSR count). The van der Waals surface area contributed by atoms with Gasteiger partial charge in [-0.2, -0.15) is 9.97 Å². The average molecular weight is 1090 g/mol. The standard InChI is InChI=1S/C78H60N2O4/c1-51-44-58(36-40-70(51)81-49-55-22-8-5-9-23-55)77(66-32-18-14-28-62(66)63-29-15-19-33-67(63)77)60-38-42-72(53(3)46-60)83-74-48-75(80-76(79-74)57-26-12-7-13-27-57)84-73-43-39-61(47-54(73)4)78(68-34-20-16-30-64(68)65-31-17-21-35-69(65)78)59-37-41-71(52(2)45-59)82-50-56-24-10-6-11-25-56/h5-48H,49-50H2,1-4H3. The third-order valence-electron chi connectivity index (χ3n) is 17.0. The van der Waals surface area contributed by atoms with Crippen LogP contribution in [0.4, 0.5) is 0 Å². The van der Waals surface area contributed by atoms with Gasteiger partial charge in [-0.15, -0.1) is 0 Å². The molecule has 6 nitrogen and oxygen atoms in total. The van der Waals surface area contributed by atoms with Crippen molar-refractivity contribution >= 4 is 0 Å². The molecule has 12 aromatic rings. The number of hydrogen-bond acceptors (Lipinski definition) is 6. The summed E-state index contributed by atoms with van der Waals surface area (Å²) >= 11 is 0. The molecule has 406 valence electrons. The molecule has 11 aromatic carbocycles. The molecule has 6 heteroatoms. The van der Waals surface area contributed by atoms with Crippen LogP contribution in [0.3, 0.4) is 0 Å². The van der Waals surface area contributed by atoms with E-state index in [1.54, 1.807) is 6.07 Å². The molecule has 0 fully saturated rings. The first-order valence-electron chi connectivity index (χ1n) is 28.7. The van der Waals surface area contributed by atoms with E-state index >= 15 is 0 Å². The van der Waals surface area contributed by atoms with Crippen molar-refractivity contribution in [2.75, 3.05) is 0 Å². The van der Waals surface area contributed by atoms with Gasteiger partial charge >= 0.3 is 0 Å². The predicted octanol–water partition coefficient (Wildman–Crippen LogP) is 18.8. The molecule has 0 unspecified atom stereocenters. The normalized spacial score (nSPS) is 13.0. The second kappa shape index (κ2) is 21.5. The monoisotopic (exact) mass is 1090 g/mol. The van der Waals surface area contributed by atoms with Crippen LogP contribution in [0.15, 0.2) is 267 Å². The maximum Gasteiger partial charge on any atom is 0.226 e. The molecule has 0 amide bonds. The minimum atomic E-state index is -0.631. The smallest absolute Gasteiger partial charge is 0.226 e. The first kappa shape index (κ1) is 51.8. The van der Waals surface area contributed by atoms with E-state index in [0.717, 1.165) is 72.7 Å². The Morgan fingerprint density at radius 1 is 0.298 bits per heavy atom. The van der Waals surface area contributed by atoms with Crippen LogP contribution in [0.1, 0.15) is 77.9 Å². The Labute approximate surface area is 491 Å². The molecule has 0 spiro atoms. The van der Waals surface area contributed by atoms with E-state index < -0.39 is 10.8 Å². The number of rotatable bonds is 15. The highest BCUT2D eigenvalue weighted by Gasteiger charge is 2.48. The van der Waals surface area contributed by atoms with Crippen LogP contribution in [-0.2, 0) is 24.0 Å². The Morgan fingerprint density at radius 3 is 0.929 bits per heavy atom. The Kier molecular flexibility index (Phi) is 13.3. The van der Waals surface area contributed by atoms with Crippen molar-refractivity contribution in [2.24, 2.45) is 0 Å². The SMILES string of the molecule is Cc1cc(C2(c3ccc(Oc4cc(Oc5ccc(C6(c7ccc(OCc8ccccc8)c(C)c7)c7ccccc7-c7ccccc76)cc5C)nc(-c5ccccc5)n4)c(C)c3)c3ccccc3-c3ccccc32)ccc1OCc1ccccc1. The van der Waals surface area contributed by atoms with E-state index in [1.807, 2.05) is 66.7 Å². The first-order chi connectivity index (χ1) is 41.2. The highest BCUT2D eigenvalue weighted by atomic mass is 16.5. The summed E-state index contributed by atoms with van der Waals surface area (Å²) < 4.78 is 26.7. The van der Waals surface area contributed by atoms with E-state index in [4.69, 9.17) is 28.9 Å². The fraction of sp³-hybridized carbons (Fsp3) is 0.103. The van der Waals surface area contributed by atoms with Crippen molar-refractivity contribution in [1.82, 2.24) is 9.97 Å². The summed E-state index contributed by atoms with van der Waals surface area (Å²) in [6.07, 6.45) is 0. The van der Waals surface area contributed by atoms with Gasteiger partial charge in [0, 0.05) is 5.56 Å². The minimum Gasteiger partial charge on any atom is -0.489 e. The van der Waals surface area contributed by atoms with Crippen molar-refractivity contribution in [3.05, 3.63) is 345 Å². The lowest BCUT2D eigenvalue weighted by atomic mass is 9.67. The van der Waals surface area contributed by atoms with Gasteiger partial charge in [0.25, 0.3) is 0 Å². The van der Waals surface area contributed by atoms with Crippen LogP contribution < -0.4 is 18.9 Å². The van der Waals surface area contributed by atoms with Crippen molar-refractivity contribution in [3.8, 4) is 68.4 Å². The van der Waals surface area contributed by atoms with Crippen molar-refractivity contribution < 1.29 is 18.9 Å². The number of aromatic nitrogens is 2. The third kappa shape index (κ3) is 8.99. The maximum absolute atomic E-state index is 6.89. The number of ether oxygens (including phenoxy) is 4. The van der Waals surface area contributed by atoms with Crippen LogP contribution >= 0.6 is 0 Å². The second-order valence-corrected chi connectivity index (χ2v) is 22.1. The predicted molar refractivity (Wildman–Crippen MR) is 336 cm³/mol. The number of fused-ring (bicyclic) bond motifs is 6. The molecular formula is C78H60N2O4. The van der Waals surface area contributed by atoms with E-state index in [1.165, 1.54) is 44.5 Å². The summed E-state index contributed by atoms with van der Waals surface area (Å²) in [5, 5.41) is 0. The molecule has 0 atom stereocenters. The summed E-state index contributed by atoms with van der Waals surface area (Å²) in [4.78, 5) is 10.1. The van der Waals surface area contributed by atoms with Crippen molar-refractivity contribution in [1.29, 1.82) is 0 Å². The van der Waals surface area contributed by atoms with E-state index in [9.17, 15) is 0 Å². The maximum atomic E-state index is 6.89. The van der Waals surface area contributed by atoms with Gasteiger partial charge in [0.2, 0.25) is 11.8 Å². The van der Waals surface area contributed by atoms with Gasteiger partial charge in [0.05, 0.1) is 16.9 Å². The second-order valence-electron chi connectivity index (χ2n) is 22.1. The number of aryl methyl sites for hydroxylation is 4. The van der Waals surface area contributed by atoms with Gasteiger partial charge in [-0.05, 0) is 152 Å². The van der Waals surface area contributed by atoms with Crippen LogP contribution in [0.25, 0.3) is 33.6 Å². The zero-order chi connectivity index (χ0) is 56.8. The largest absolute Gasteiger partial charge is 0.489 e. The minimum absolute atomic E-state index is 0.363. The van der Waals surface area contributed by atoms with E-state index in [-0.39, 0.29) is 0 Å². The molecule has 0 bridgehead atoms. The summed E-state index contributed by atoms with van der Waals surface area (Å²) in [5.74, 6) is 4.28. The Balaban J connectivity index is 0.815. The number of nitrogens with zero attached hydrogens (tertiary/aromatic N) is 2. The molecule has 0 aliphatic heterocycles. The lowest BCUT2D eigenvalue weighted by Crippen LogP contribution is -2.29. The molecule has 0 N–H and O–H groups in total. The van der Waals surface area contributed by atoms with Gasteiger partial charge in [0.15, 0.2) is 5.82 Å². The van der Waals surface area contributed by atoms with E-state index in [2.05, 4.69) is 222 Å². The van der Waals surface area contributed by atoms with Gasteiger partial charge in [-0.1, -0.05) is 237 Å². The van der Waals surface area contributed by atoms with Gasteiger partial charge in [-0.25, -0.2) is 0 Å². The van der Waals surface area contributed by atoms with Gasteiger partial charge < -0.3 is 18.9 Å². The fourth-order valence-electron chi connectivity index (χ4n) is 13.1. The highest BCUT2D eigenvalue weighted by molar-refractivity contribution is 5.88. The molecule has 84 heavy (non-hydrogen) atoms. The first-order valence-corrected chi connectivity index (χ1v) is 28.7. The summed E-state index contributed by atoms with van der Waals surface area (Å²) in [5.41, 5.74) is 20.3. The van der Waals surface area contributed by atoms with Crippen LogP contribution in [-0.4, -0.2) is 9.97 Å². The van der Waals surface area contributed by atoms with E-state index in [0.29, 0.717) is 42.3 Å². The number of benzene rings is 11. The molecule has 0 saturated carbocycles. The molecular weight excluding hydrogens is 1030 g/mol. The van der Waals surface area contributed by atoms with Crippen LogP contribution in [0.2, 0.25) is 0 Å². The lowest BCUT2D eigenvalue weighted by molar-refractivity contribution is 0.304. The molecule has 0 radical (unpaired) electrons. The fourth-order valence-corrected chi connectivity index (χ4v) is 13.1. The molecule has 0 saturated heterocycles. The van der Waals surface area contributed by atoms with Crippen molar-refractivity contribution in [3.63, 3.8) is 0 Å². The molecule has 1 aromatic heterocycles. The Morgan fingerprint density at radius 2 is 0.595 bits per heavy atom. The molecule has 2 aliphatic carbocycles. The molecule has 2 aliphatic rings. The lowest BCUT2D eigenvalue weighted by Gasteiger charge is -2.34. The summed E-state index contributed by atoms with van der Waals surface area (Å²) in [6, 6.07) is 94.1. The van der Waals surface area contributed by atoms with Gasteiger partial charge in [-0.3, -0.25) is 0 Å². The Hall–Kier alpha value is -10.3. The summed E-state index contributed by atoms with van der Waals surface area (Å²) in [6.45, 7) is 9.48. The van der Waals surface area contributed by atoms with Crippen molar-refractivity contribution in [2.45, 2.75) is 51.7 Å². The zero-order valence-corrected chi connectivity index (χ0v) is 47.3. The molecule has 1 heterocycles. The quantitative estimate of drug-likeness (QED) is 0.102. The van der Waals surface area contributed by atoms with Crippen LogP contribution in [0, 0.1) is 27.7 Å². The third-order valence-corrected chi connectivity index (χ3v) is 17.0. The zero-order valence-electron chi connectivity index (χ0n) is 47.3. The van der Waals surface area contributed by atoms with Gasteiger partial charge in [0.1, 0.15) is 36.2 Å². The highest BCUT2D eigenvalue weighted by Crippen LogP contribution is 2.58. The average Bonchev–Trinajstić information content (AvgIpc) is 3.37. The topological polar surface area (TPSA) is 62.7 Å². The Bertz CT molecular complexity index is 4090. The summed E-state index contributed by atoms with van der Waals surface area (Å²) in [7, 11) is 0. The number of hydrogen-bond donors (Lipinski definition) is 0. The van der Waals surface area contributed by atoms with Crippen LogP contribution in [0.5, 0.6) is 34.8 Å².